The molecule has 1 amide bonds. The molecule has 0 aromatic heterocycles. The summed E-state index contributed by atoms with van der Waals surface area (Å²) in [6.07, 6.45) is 4.56. The van der Waals surface area contributed by atoms with E-state index in [0.717, 1.165) is 22.7 Å². The minimum Gasteiger partial charge on any atom is -0.352 e. The first-order chi connectivity index (χ1) is 13.8. The Balaban J connectivity index is 1.61. The maximum absolute atomic E-state index is 13.3. The van der Waals surface area contributed by atoms with Gasteiger partial charge in [-0.2, -0.15) is 0 Å². The summed E-state index contributed by atoms with van der Waals surface area (Å²) in [5.74, 6) is 0.945. The first-order valence-electron chi connectivity index (χ1n) is 9.98. The summed E-state index contributed by atoms with van der Waals surface area (Å²) < 4.78 is 27.8. The van der Waals surface area contributed by atoms with Gasteiger partial charge in [0.2, 0.25) is 5.91 Å². The highest BCUT2D eigenvalue weighted by Crippen LogP contribution is 2.44. The van der Waals surface area contributed by atoms with E-state index in [4.69, 9.17) is 11.6 Å². The van der Waals surface area contributed by atoms with Gasteiger partial charge in [0.15, 0.2) is 0 Å². The fraction of sp³-hybridized carbons (Fsp3) is 0.409. The molecule has 2 bridgehead atoms. The fourth-order valence-corrected chi connectivity index (χ4v) is 6.18. The monoisotopic (exact) mass is 432 g/mol. The molecule has 1 N–H and O–H groups in total. The van der Waals surface area contributed by atoms with Crippen molar-refractivity contribution in [1.82, 2.24) is 5.32 Å². The summed E-state index contributed by atoms with van der Waals surface area (Å²) in [4.78, 5) is 13.0. The number of carbonyl (C=O) groups is 1. The van der Waals surface area contributed by atoms with Gasteiger partial charge in [-0.3, -0.25) is 9.10 Å². The van der Waals surface area contributed by atoms with Crippen LogP contribution in [0.15, 0.2) is 53.4 Å². The molecule has 2 aliphatic carbocycles. The molecule has 2 aromatic carbocycles. The molecule has 0 heterocycles. The molecule has 7 heteroatoms. The van der Waals surface area contributed by atoms with Crippen molar-refractivity contribution < 1.29 is 13.2 Å². The summed E-state index contributed by atoms with van der Waals surface area (Å²) in [5, 5.41) is 3.54. The van der Waals surface area contributed by atoms with Crippen LogP contribution in [0.25, 0.3) is 0 Å². The lowest BCUT2D eigenvalue weighted by molar-refractivity contribution is -0.120. The van der Waals surface area contributed by atoms with E-state index >= 15 is 0 Å². The number of nitrogens with one attached hydrogen (secondary N) is 1. The van der Waals surface area contributed by atoms with E-state index in [2.05, 4.69) is 5.32 Å². The van der Waals surface area contributed by atoms with Crippen LogP contribution in [0, 0.1) is 18.8 Å². The van der Waals surface area contributed by atoms with Crippen molar-refractivity contribution in [2.75, 3.05) is 10.8 Å². The Morgan fingerprint density at radius 3 is 2.52 bits per heavy atom. The number of aryl methyl sites for hydroxylation is 1. The quantitative estimate of drug-likeness (QED) is 0.745. The van der Waals surface area contributed by atoms with Crippen LogP contribution >= 0.6 is 11.6 Å². The largest absolute Gasteiger partial charge is 0.352 e. The SMILES string of the molecule is Cc1ccc(N(CC(=O)N[C@@H]2C[C@H]3CC[C@H]2C3)S(=O)(=O)c2ccccc2)cc1Cl. The van der Waals surface area contributed by atoms with Crippen LogP contribution in [-0.4, -0.2) is 26.9 Å². The normalized spacial score (nSPS) is 23.2. The molecule has 29 heavy (non-hydrogen) atoms. The maximum atomic E-state index is 13.3. The Hall–Kier alpha value is -2.05. The minimum absolute atomic E-state index is 0.143. The van der Waals surface area contributed by atoms with Crippen LogP contribution < -0.4 is 9.62 Å². The molecule has 0 saturated heterocycles. The zero-order valence-corrected chi connectivity index (χ0v) is 17.9. The lowest BCUT2D eigenvalue weighted by Crippen LogP contribution is -2.46. The maximum Gasteiger partial charge on any atom is 0.264 e. The van der Waals surface area contributed by atoms with Gasteiger partial charge < -0.3 is 5.32 Å². The Kier molecular flexibility index (Phi) is 5.58. The number of anilines is 1. The molecule has 2 saturated carbocycles. The molecule has 0 aliphatic heterocycles. The Morgan fingerprint density at radius 2 is 1.90 bits per heavy atom. The molecule has 0 spiro atoms. The van der Waals surface area contributed by atoms with Crippen molar-refractivity contribution in [2.45, 2.75) is 43.5 Å². The van der Waals surface area contributed by atoms with Crippen molar-refractivity contribution >= 4 is 33.2 Å². The summed E-state index contributed by atoms with van der Waals surface area (Å²) in [7, 11) is -3.91. The molecule has 4 rings (SSSR count). The summed E-state index contributed by atoms with van der Waals surface area (Å²) in [6.45, 7) is 1.58. The number of hydrogen-bond donors (Lipinski definition) is 1. The third-order valence-electron chi connectivity index (χ3n) is 6.15. The molecule has 0 radical (unpaired) electrons. The number of halogens is 1. The Bertz CT molecular complexity index is 1010. The van der Waals surface area contributed by atoms with Gasteiger partial charge in [0, 0.05) is 11.1 Å². The fourth-order valence-electron chi connectivity index (χ4n) is 4.58. The number of hydrogen-bond acceptors (Lipinski definition) is 3. The standard InChI is InChI=1S/C22H25ClN2O3S/c1-15-7-10-18(13-20(15)23)25(29(27,28)19-5-3-2-4-6-19)14-22(26)24-21-12-16-8-9-17(21)11-16/h2-7,10,13,16-17,21H,8-9,11-12,14H2,1H3,(H,24,26)/t16-,17-,21+/m0/s1. The van der Waals surface area contributed by atoms with Crippen LogP contribution in [0.5, 0.6) is 0 Å². The molecular formula is C22H25ClN2O3S. The van der Waals surface area contributed by atoms with Crippen LogP contribution in [0.2, 0.25) is 5.02 Å². The molecule has 154 valence electrons. The van der Waals surface area contributed by atoms with E-state index in [1.54, 1.807) is 36.4 Å². The topological polar surface area (TPSA) is 66.5 Å². The third-order valence-corrected chi connectivity index (χ3v) is 8.34. The van der Waals surface area contributed by atoms with Gasteiger partial charge in [0.25, 0.3) is 10.0 Å². The lowest BCUT2D eigenvalue weighted by Gasteiger charge is -2.27. The van der Waals surface area contributed by atoms with Gasteiger partial charge in [0.05, 0.1) is 10.6 Å². The van der Waals surface area contributed by atoms with Gasteiger partial charge in [-0.15, -0.1) is 0 Å². The van der Waals surface area contributed by atoms with Crippen molar-refractivity contribution in [3.63, 3.8) is 0 Å². The number of fused-ring (bicyclic) bond motifs is 2. The van der Waals surface area contributed by atoms with E-state index in [-0.39, 0.29) is 23.4 Å². The van der Waals surface area contributed by atoms with Gasteiger partial charge in [-0.25, -0.2) is 8.42 Å². The molecule has 3 atom stereocenters. The van der Waals surface area contributed by atoms with Crippen LogP contribution in [-0.2, 0) is 14.8 Å². The smallest absolute Gasteiger partial charge is 0.264 e. The Morgan fingerprint density at radius 1 is 1.14 bits per heavy atom. The van der Waals surface area contributed by atoms with Crippen molar-refractivity contribution in [2.24, 2.45) is 11.8 Å². The third kappa shape index (κ3) is 4.14. The van der Waals surface area contributed by atoms with Gasteiger partial charge >= 0.3 is 0 Å². The predicted octanol–water partition coefficient (Wildman–Crippen LogP) is 4.15. The van der Waals surface area contributed by atoms with E-state index in [0.29, 0.717) is 22.5 Å². The predicted molar refractivity (Wildman–Crippen MR) is 115 cm³/mol. The zero-order valence-electron chi connectivity index (χ0n) is 16.3. The number of carbonyl (C=O) groups excluding carboxylic acids is 1. The summed E-state index contributed by atoms with van der Waals surface area (Å²) >= 11 is 6.25. The number of amides is 1. The first kappa shape index (κ1) is 20.2. The molecule has 2 aromatic rings. The zero-order chi connectivity index (χ0) is 20.6. The molecule has 0 unspecified atom stereocenters. The van der Waals surface area contributed by atoms with E-state index in [1.807, 2.05) is 6.92 Å². The number of benzene rings is 2. The van der Waals surface area contributed by atoms with Crippen molar-refractivity contribution in [1.29, 1.82) is 0 Å². The number of sulfonamides is 1. The number of rotatable bonds is 6. The van der Waals surface area contributed by atoms with Crippen LogP contribution in [0.1, 0.15) is 31.2 Å². The highest BCUT2D eigenvalue weighted by Gasteiger charge is 2.40. The number of nitrogens with zero attached hydrogens (tertiary/aromatic N) is 1. The summed E-state index contributed by atoms with van der Waals surface area (Å²) in [5.41, 5.74) is 1.23. The van der Waals surface area contributed by atoms with Crippen LogP contribution in [0.3, 0.4) is 0 Å². The second kappa shape index (κ2) is 8.00. The second-order valence-corrected chi connectivity index (χ2v) is 10.4. The Labute approximate surface area is 177 Å². The lowest BCUT2D eigenvalue weighted by atomic mass is 9.95. The van der Waals surface area contributed by atoms with Crippen LogP contribution in [0.4, 0.5) is 5.69 Å². The highest BCUT2D eigenvalue weighted by atomic mass is 35.5. The second-order valence-electron chi connectivity index (χ2n) is 8.11. The molecule has 5 nitrogen and oxygen atoms in total. The van der Waals surface area contributed by atoms with E-state index < -0.39 is 10.0 Å². The van der Waals surface area contributed by atoms with Gasteiger partial charge in [-0.1, -0.05) is 42.3 Å². The van der Waals surface area contributed by atoms with Crippen molar-refractivity contribution in [3.05, 3.63) is 59.1 Å². The first-order valence-corrected chi connectivity index (χ1v) is 11.8. The molecular weight excluding hydrogens is 408 g/mol. The van der Waals surface area contributed by atoms with Gasteiger partial charge in [0.1, 0.15) is 6.54 Å². The average Bonchev–Trinajstić information content (AvgIpc) is 3.32. The average molecular weight is 433 g/mol. The van der Waals surface area contributed by atoms with E-state index in [9.17, 15) is 13.2 Å². The molecule has 2 aliphatic rings. The van der Waals surface area contributed by atoms with E-state index in [1.165, 1.54) is 25.0 Å². The summed E-state index contributed by atoms with van der Waals surface area (Å²) in [6, 6.07) is 13.4. The van der Waals surface area contributed by atoms with Gasteiger partial charge in [-0.05, 0) is 67.9 Å². The molecule has 2 fully saturated rings. The highest BCUT2D eigenvalue weighted by molar-refractivity contribution is 7.92. The van der Waals surface area contributed by atoms with Crippen molar-refractivity contribution in [3.8, 4) is 0 Å². The minimum atomic E-state index is -3.91.